The molecule has 0 bridgehead atoms. The van der Waals surface area contributed by atoms with Crippen molar-refractivity contribution in [3.8, 4) is 5.75 Å². The van der Waals surface area contributed by atoms with Crippen LogP contribution in [0.5, 0.6) is 5.75 Å². The monoisotopic (exact) mass is 365 g/mol. The van der Waals surface area contributed by atoms with Gasteiger partial charge in [0.25, 0.3) is 5.91 Å². The molecule has 24 heavy (non-hydrogen) atoms. The fourth-order valence-corrected chi connectivity index (χ4v) is 2.47. The molecule has 0 unspecified atom stereocenters. The average molecular weight is 366 g/mol. The minimum absolute atomic E-state index is 0.118. The van der Waals surface area contributed by atoms with E-state index >= 15 is 0 Å². The number of benzene rings is 2. The number of Topliss-reactive ketones (excluding diaryl/α,β-unsaturated/α-hetero) is 1. The Kier molecular flexibility index (Phi) is 6.64. The Morgan fingerprint density at radius 2 is 1.79 bits per heavy atom. The third-order valence-corrected chi connectivity index (χ3v) is 4.19. The van der Waals surface area contributed by atoms with Gasteiger partial charge < -0.3 is 10.1 Å². The zero-order valence-electron chi connectivity index (χ0n) is 13.1. The van der Waals surface area contributed by atoms with Crippen molar-refractivity contribution in [3.63, 3.8) is 0 Å². The molecule has 0 fully saturated rings. The molecule has 0 aliphatic rings. The van der Waals surface area contributed by atoms with Gasteiger partial charge in [0.1, 0.15) is 10.8 Å². The average Bonchev–Trinajstić information content (AvgIpc) is 2.56. The van der Waals surface area contributed by atoms with Gasteiger partial charge in [-0.1, -0.05) is 59.6 Å². The van der Waals surface area contributed by atoms with Crippen LogP contribution in [0.2, 0.25) is 10.0 Å². The molecular weight excluding hydrogens is 349 g/mol. The van der Waals surface area contributed by atoms with Crippen molar-refractivity contribution in [1.29, 1.82) is 0 Å². The summed E-state index contributed by atoms with van der Waals surface area (Å²) in [5.41, 5.74) is 0.969. The molecule has 1 amide bonds. The molecule has 0 spiro atoms. The molecule has 1 atom stereocenters. The fraction of sp³-hybridized carbons (Fsp3) is 0.222. The molecule has 2 aromatic carbocycles. The highest BCUT2D eigenvalue weighted by atomic mass is 35.5. The van der Waals surface area contributed by atoms with E-state index in [1.165, 1.54) is 6.92 Å². The Morgan fingerprint density at radius 3 is 2.46 bits per heavy atom. The smallest absolute Gasteiger partial charge is 0.258 e. The van der Waals surface area contributed by atoms with Crippen LogP contribution >= 0.6 is 23.2 Å². The number of rotatable bonds is 7. The van der Waals surface area contributed by atoms with Crippen LogP contribution in [-0.4, -0.2) is 24.3 Å². The maximum Gasteiger partial charge on any atom is 0.258 e. The van der Waals surface area contributed by atoms with E-state index in [0.717, 1.165) is 5.56 Å². The van der Waals surface area contributed by atoms with Crippen LogP contribution < -0.4 is 10.1 Å². The first-order chi connectivity index (χ1) is 11.5. The summed E-state index contributed by atoms with van der Waals surface area (Å²) in [6.45, 7) is 1.20. The molecule has 1 N–H and O–H groups in total. The molecule has 2 aromatic rings. The van der Waals surface area contributed by atoms with Crippen LogP contribution in [0.15, 0.2) is 48.5 Å². The van der Waals surface area contributed by atoms with E-state index < -0.39 is 11.9 Å². The van der Waals surface area contributed by atoms with E-state index in [4.69, 9.17) is 27.9 Å². The fourth-order valence-electron chi connectivity index (χ4n) is 2.12. The van der Waals surface area contributed by atoms with Gasteiger partial charge in [-0.3, -0.25) is 9.59 Å². The van der Waals surface area contributed by atoms with Crippen molar-refractivity contribution in [2.75, 3.05) is 6.61 Å². The summed E-state index contributed by atoms with van der Waals surface area (Å²) in [4.78, 5) is 23.8. The number of ketones is 1. The van der Waals surface area contributed by atoms with Crippen molar-refractivity contribution in [2.24, 2.45) is 0 Å². The normalized spacial score (nSPS) is 11.6. The van der Waals surface area contributed by atoms with Crippen LogP contribution in [0.1, 0.15) is 12.5 Å². The number of halogens is 2. The molecule has 0 aliphatic heterocycles. The highest BCUT2D eigenvalue weighted by molar-refractivity contribution is 6.42. The number of ether oxygens (including phenoxy) is 1. The first-order valence-electron chi connectivity index (χ1n) is 7.38. The van der Waals surface area contributed by atoms with Crippen LogP contribution in [0.25, 0.3) is 0 Å². The van der Waals surface area contributed by atoms with Crippen molar-refractivity contribution in [3.05, 3.63) is 64.1 Å². The maximum atomic E-state index is 12.1. The Morgan fingerprint density at radius 1 is 1.08 bits per heavy atom. The molecule has 0 aromatic heterocycles. The number of amides is 1. The Labute approximate surface area is 150 Å². The van der Waals surface area contributed by atoms with Crippen molar-refractivity contribution >= 4 is 34.9 Å². The zero-order chi connectivity index (χ0) is 17.5. The predicted octanol–water partition coefficient (Wildman–Crippen LogP) is 3.69. The number of carbonyl (C=O) groups is 2. The van der Waals surface area contributed by atoms with E-state index in [-0.39, 0.29) is 17.4 Å². The Balaban J connectivity index is 1.93. The Hall–Kier alpha value is -2.04. The summed E-state index contributed by atoms with van der Waals surface area (Å²) in [7, 11) is 0. The van der Waals surface area contributed by atoms with E-state index in [0.29, 0.717) is 17.2 Å². The lowest BCUT2D eigenvalue weighted by molar-refractivity contribution is -0.128. The number of carbonyl (C=O) groups excluding carboxylic acids is 2. The molecule has 2 rings (SSSR count). The summed E-state index contributed by atoms with van der Waals surface area (Å²) in [5.74, 6) is -0.197. The van der Waals surface area contributed by atoms with Gasteiger partial charge in [-0.25, -0.2) is 0 Å². The molecule has 126 valence electrons. The number of nitrogens with one attached hydrogen (secondary N) is 1. The van der Waals surface area contributed by atoms with Gasteiger partial charge in [0.15, 0.2) is 12.4 Å². The van der Waals surface area contributed by atoms with Crippen LogP contribution in [0, 0.1) is 0 Å². The molecule has 0 heterocycles. The summed E-state index contributed by atoms with van der Waals surface area (Å²) < 4.78 is 5.37. The maximum absolute atomic E-state index is 12.1. The molecule has 0 saturated heterocycles. The molecule has 0 radical (unpaired) electrons. The highest BCUT2D eigenvalue weighted by Gasteiger charge is 2.18. The predicted molar refractivity (Wildman–Crippen MR) is 94.7 cm³/mol. The van der Waals surface area contributed by atoms with Crippen LogP contribution in [0.3, 0.4) is 0 Å². The first-order valence-corrected chi connectivity index (χ1v) is 8.13. The Bertz CT molecular complexity index is 719. The SMILES string of the molecule is CC(=O)[C@@H](Cc1ccccc1)NC(=O)COc1cccc(Cl)c1Cl. The van der Waals surface area contributed by atoms with Crippen LogP contribution in [-0.2, 0) is 16.0 Å². The lowest BCUT2D eigenvalue weighted by Gasteiger charge is -2.16. The van der Waals surface area contributed by atoms with E-state index in [1.54, 1.807) is 18.2 Å². The molecular formula is C18H17Cl2NO3. The van der Waals surface area contributed by atoms with Crippen LogP contribution in [0.4, 0.5) is 0 Å². The quantitative estimate of drug-likeness (QED) is 0.813. The summed E-state index contributed by atoms with van der Waals surface area (Å²) >= 11 is 11.9. The van der Waals surface area contributed by atoms with Crippen molar-refractivity contribution in [1.82, 2.24) is 5.32 Å². The summed E-state index contributed by atoms with van der Waals surface area (Å²) in [6, 6.07) is 13.8. The van der Waals surface area contributed by atoms with Gasteiger partial charge in [-0.2, -0.15) is 0 Å². The second-order valence-corrected chi connectivity index (χ2v) is 6.05. The summed E-state index contributed by atoms with van der Waals surface area (Å²) in [5, 5.41) is 3.28. The molecule has 6 heteroatoms. The van der Waals surface area contributed by atoms with Crippen molar-refractivity contribution in [2.45, 2.75) is 19.4 Å². The zero-order valence-corrected chi connectivity index (χ0v) is 14.6. The minimum atomic E-state index is -0.599. The molecule has 0 saturated carbocycles. The van der Waals surface area contributed by atoms with Gasteiger partial charge in [0, 0.05) is 0 Å². The van der Waals surface area contributed by atoms with E-state index in [9.17, 15) is 9.59 Å². The standard InChI is InChI=1S/C18H17Cl2NO3/c1-12(22)15(10-13-6-3-2-4-7-13)21-17(23)11-24-16-9-5-8-14(19)18(16)20/h2-9,15H,10-11H2,1H3,(H,21,23)/t15-/m1/s1. The summed E-state index contributed by atoms with van der Waals surface area (Å²) in [6.07, 6.45) is 0.430. The van der Waals surface area contributed by atoms with Gasteiger partial charge in [-0.05, 0) is 31.0 Å². The minimum Gasteiger partial charge on any atom is -0.482 e. The van der Waals surface area contributed by atoms with Gasteiger partial charge in [-0.15, -0.1) is 0 Å². The van der Waals surface area contributed by atoms with Crippen molar-refractivity contribution < 1.29 is 14.3 Å². The lowest BCUT2D eigenvalue weighted by atomic mass is 10.0. The number of hydrogen-bond acceptors (Lipinski definition) is 3. The largest absolute Gasteiger partial charge is 0.482 e. The highest BCUT2D eigenvalue weighted by Crippen LogP contribution is 2.31. The number of hydrogen-bond donors (Lipinski definition) is 1. The second-order valence-electron chi connectivity index (χ2n) is 5.26. The van der Waals surface area contributed by atoms with E-state index in [1.807, 2.05) is 30.3 Å². The van der Waals surface area contributed by atoms with Gasteiger partial charge >= 0.3 is 0 Å². The lowest BCUT2D eigenvalue weighted by Crippen LogP contribution is -2.43. The molecule has 4 nitrogen and oxygen atoms in total. The topological polar surface area (TPSA) is 55.4 Å². The van der Waals surface area contributed by atoms with Gasteiger partial charge in [0.2, 0.25) is 0 Å². The van der Waals surface area contributed by atoms with Gasteiger partial charge in [0.05, 0.1) is 11.1 Å². The second kappa shape index (κ2) is 8.71. The first kappa shape index (κ1) is 18.3. The molecule has 0 aliphatic carbocycles. The third kappa shape index (κ3) is 5.25. The van der Waals surface area contributed by atoms with E-state index in [2.05, 4.69) is 5.32 Å². The third-order valence-electron chi connectivity index (χ3n) is 3.38.